The summed E-state index contributed by atoms with van der Waals surface area (Å²) in [4.78, 5) is 22.7. The second-order valence-corrected chi connectivity index (χ2v) is 6.45. The Labute approximate surface area is 153 Å². The molecule has 0 bridgehead atoms. The van der Waals surface area contributed by atoms with Crippen LogP contribution in [-0.2, 0) is 29.2 Å². The van der Waals surface area contributed by atoms with Gasteiger partial charge in [0.25, 0.3) is 0 Å². The molecule has 0 aliphatic rings. The van der Waals surface area contributed by atoms with E-state index in [0.29, 0.717) is 13.1 Å². The molecule has 7 nitrogen and oxygen atoms in total. The van der Waals surface area contributed by atoms with Crippen molar-refractivity contribution in [2.45, 2.75) is 53.4 Å². The van der Waals surface area contributed by atoms with Gasteiger partial charge in [0.15, 0.2) is 0 Å². The Morgan fingerprint density at radius 2 is 1.85 bits per heavy atom. The van der Waals surface area contributed by atoms with Crippen molar-refractivity contribution in [1.82, 2.24) is 15.1 Å². The fourth-order valence-electron chi connectivity index (χ4n) is 2.66. The topological polar surface area (TPSA) is 93.5 Å². The second-order valence-electron chi connectivity index (χ2n) is 6.45. The number of esters is 1. The summed E-state index contributed by atoms with van der Waals surface area (Å²) in [7, 11) is 0. The van der Waals surface area contributed by atoms with Crippen LogP contribution in [0, 0.1) is 13.8 Å². The molecule has 0 atom stereocenters. The first-order chi connectivity index (χ1) is 12.3. The first-order valence-corrected chi connectivity index (χ1v) is 8.53. The molecule has 26 heavy (non-hydrogen) atoms. The Morgan fingerprint density at radius 3 is 2.42 bits per heavy atom. The van der Waals surface area contributed by atoms with Gasteiger partial charge >= 0.3 is 11.9 Å². The van der Waals surface area contributed by atoms with Crippen LogP contribution in [0.1, 0.15) is 46.7 Å². The maximum atomic E-state index is 11.8. The predicted octanol–water partition coefficient (Wildman–Crippen LogP) is 2.44. The molecule has 7 heteroatoms. The number of benzene rings is 1. The number of aryl methyl sites for hydroxylation is 1. The quantitative estimate of drug-likeness (QED) is 0.703. The third-order valence-electron chi connectivity index (χ3n) is 4.01. The first kappa shape index (κ1) is 19.7. The monoisotopic (exact) mass is 359 g/mol. The average Bonchev–Trinajstić information content (AvgIpc) is 2.81. The zero-order valence-corrected chi connectivity index (χ0v) is 15.6. The molecular formula is C19H25N3O4. The number of aromatic carboxylic acids is 1. The van der Waals surface area contributed by atoms with E-state index in [9.17, 15) is 9.59 Å². The summed E-state index contributed by atoms with van der Waals surface area (Å²) in [5, 5.41) is 16.7. The van der Waals surface area contributed by atoms with Crippen LogP contribution in [0.15, 0.2) is 24.3 Å². The van der Waals surface area contributed by atoms with Crippen LogP contribution in [0.25, 0.3) is 0 Å². The molecule has 1 aromatic heterocycles. The van der Waals surface area contributed by atoms with Crippen LogP contribution in [-0.4, -0.2) is 32.9 Å². The minimum atomic E-state index is -0.931. The Bertz CT molecular complexity index is 779. The van der Waals surface area contributed by atoms with E-state index in [1.807, 2.05) is 27.7 Å². The van der Waals surface area contributed by atoms with E-state index in [-0.39, 0.29) is 24.2 Å². The summed E-state index contributed by atoms with van der Waals surface area (Å²) in [5.74, 6) is -1.23. The molecule has 140 valence electrons. The van der Waals surface area contributed by atoms with Crippen LogP contribution in [0.3, 0.4) is 0 Å². The van der Waals surface area contributed by atoms with Gasteiger partial charge in [0.2, 0.25) is 0 Å². The molecule has 0 spiro atoms. The molecule has 1 heterocycles. The minimum absolute atomic E-state index is 0.0987. The number of rotatable bonds is 8. The van der Waals surface area contributed by atoms with Gasteiger partial charge in [-0.05, 0) is 45.4 Å². The fourth-order valence-corrected chi connectivity index (χ4v) is 2.66. The standard InChI is InChI=1S/C19H25N3O4/c1-12(2)26-18(23)11-22-14(4)17(13(3)21-22)10-20-9-15-5-7-16(8-6-15)19(24)25/h5-8,12,20H,9-11H2,1-4H3,(H,24,25). The van der Waals surface area contributed by atoms with Crippen LogP contribution in [0.2, 0.25) is 0 Å². The van der Waals surface area contributed by atoms with Crippen molar-refractivity contribution in [1.29, 1.82) is 0 Å². The highest BCUT2D eigenvalue weighted by Gasteiger charge is 2.15. The molecular weight excluding hydrogens is 334 g/mol. The summed E-state index contributed by atoms with van der Waals surface area (Å²) < 4.78 is 6.83. The van der Waals surface area contributed by atoms with Crippen molar-refractivity contribution in [3.63, 3.8) is 0 Å². The van der Waals surface area contributed by atoms with E-state index in [4.69, 9.17) is 9.84 Å². The average molecular weight is 359 g/mol. The molecule has 2 aromatic rings. The Hall–Kier alpha value is -2.67. The van der Waals surface area contributed by atoms with Crippen LogP contribution in [0.4, 0.5) is 0 Å². The van der Waals surface area contributed by atoms with Crippen LogP contribution >= 0.6 is 0 Å². The third-order valence-corrected chi connectivity index (χ3v) is 4.01. The molecule has 0 unspecified atom stereocenters. The highest BCUT2D eigenvalue weighted by molar-refractivity contribution is 5.87. The van der Waals surface area contributed by atoms with Crippen molar-refractivity contribution >= 4 is 11.9 Å². The van der Waals surface area contributed by atoms with Crippen LogP contribution in [0.5, 0.6) is 0 Å². The number of hydrogen-bond acceptors (Lipinski definition) is 5. The van der Waals surface area contributed by atoms with E-state index < -0.39 is 5.97 Å². The van der Waals surface area contributed by atoms with E-state index in [1.54, 1.807) is 28.9 Å². The maximum Gasteiger partial charge on any atom is 0.335 e. The van der Waals surface area contributed by atoms with Crippen molar-refractivity contribution < 1.29 is 19.4 Å². The number of ether oxygens (including phenoxy) is 1. The lowest BCUT2D eigenvalue weighted by Gasteiger charge is -2.09. The van der Waals surface area contributed by atoms with Gasteiger partial charge in [0.1, 0.15) is 6.54 Å². The van der Waals surface area contributed by atoms with Crippen molar-refractivity contribution in [2.24, 2.45) is 0 Å². The van der Waals surface area contributed by atoms with Crippen molar-refractivity contribution in [2.75, 3.05) is 0 Å². The number of carboxylic acids is 1. The molecule has 2 N–H and O–H groups in total. The molecule has 1 aromatic carbocycles. The summed E-state index contributed by atoms with van der Waals surface area (Å²) in [5.41, 5.74) is 4.11. The van der Waals surface area contributed by atoms with Crippen LogP contribution < -0.4 is 5.32 Å². The number of hydrogen-bond donors (Lipinski definition) is 2. The van der Waals surface area contributed by atoms with E-state index in [0.717, 1.165) is 22.5 Å². The molecule has 0 amide bonds. The third kappa shape index (κ3) is 5.16. The van der Waals surface area contributed by atoms with Gasteiger partial charge in [-0.3, -0.25) is 9.48 Å². The van der Waals surface area contributed by atoms with E-state index in [2.05, 4.69) is 10.4 Å². The highest BCUT2D eigenvalue weighted by atomic mass is 16.5. The minimum Gasteiger partial charge on any atom is -0.478 e. The van der Waals surface area contributed by atoms with E-state index >= 15 is 0 Å². The molecule has 0 saturated carbocycles. The number of carbonyl (C=O) groups excluding carboxylic acids is 1. The number of aromatic nitrogens is 2. The van der Waals surface area contributed by atoms with Crippen molar-refractivity contribution in [3.8, 4) is 0 Å². The molecule has 0 radical (unpaired) electrons. The van der Waals surface area contributed by atoms with Crippen molar-refractivity contribution in [3.05, 3.63) is 52.3 Å². The zero-order valence-electron chi connectivity index (χ0n) is 15.6. The lowest BCUT2D eigenvalue weighted by molar-refractivity contribution is -0.148. The molecule has 0 saturated heterocycles. The molecule has 0 aliphatic carbocycles. The Morgan fingerprint density at radius 1 is 1.19 bits per heavy atom. The van der Waals surface area contributed by atoms with Gasteiger partial charge in [-0.15, -0.1) is 0 Å². The molecule has 2 rings (SSSR count). The predicted molar refractivity (Wildman–Crippen MR) is 96.9 cm³/mol. The number of carbonyl (C=O) groups is 2. The summed E-state index contributed by atoms with van der Waals surface area (Å²) >= 11 is 0. The lowest BCUT2D eigenvalue weighted by atomic mass is 10.1. The molecule has 0 aliphatic heterocycles. The number of nitrogens with one attached hydrogen (secondary N) is 1. The summed E-state index contributed by atoms with van der Waals surface area (Å²) in [6, 6.07) is 6.77. The van der Waals surface area contributed by atoms with Gasteiger partial charge in [-0.25, -0.2) is 4.79 Å². The van der Waals surface area contributed by atoms with Gasteiger partial charge in [0.05, 0.1) is 17.4 Å². The van der Waals surface area contributed by atoms with Gasteiger partial charge < -0.3 is 15.2 Å². The highest BCUT2D eigenvalue weighted by Crippen LogP contribution is 2.14. The van der Waals surface area contributed by atoms with Gasteiger partial charge in [-0.2, -0.15) is 5.10 Å². The zero-order chi connectivity index (χ0) is 19.3. The smallest absolute Gasteiger partial charge is 0.335 e. The SMILES string of the molecule is Cc1nn(CC(=O)OC(C)C)c(C)c1CNCc1ccc(C(=O)O)cc1. The fraction of sp³-hybridized carbons (Fsp3) is 0.421. The van der Waals surface area contributed by atoms with Gasteiger partial charge in [-0.1, -0.05) is 12.1 Å². The maximum absolute atomic E-state index is 11.8. The summed E-state index contributed by atoms with van der Waals surface area (Å²) in [6.45, 7) is 8.80. The first-order valence-electron chi connectivity index (χ1n) is 8.53. The Kier molecular flexibility index (Phi) is 6.52. The normalized spacial score (nSPS) is 11.0. The lowest BCUT2D eigenvalue weighted by Crippen LogP contribution is -2.19. The van der Waals surface area contributed by atoms with Gasteiger partial charge in [0, 0.05) is 24.3 Å². The van der Waals surface area contributed by atoms with E-state index in [1.165, 1.54) is 0 Å². The number of carboxylic acid groups (broad SMARTS) is 1. The Balaban J connectivity index is 1.95. The number of nitrogens with zero attached hydrogens (tertiary/aromatic N) is 2. The second kappa shape index (κ2) is 8.62. The summed E-state index contributed by atoms with van der Waals surface area (Å²) in [6.07, 6.45) is -0.145. The largest absolute Gasteiger partial charge is 0.478 e. The molecule has 0 fully saturated rings.